The molecule has 10 rings (SSSR count). The fourth-order valence-corrected chi connectivity index (χ4v) is 8.74. The van der Waals surface area contributed by atoms with Gasteiger partial charge in [0, 0.05) is 18.2 Å². The number of esters is 3. The Labute approximate surface area is 503 Å². The van der Waals surface area contributed by atoms with E-state index in [1.807, 2.05) is 104 Å². The molecule has 0 atom stereocenters. The van der Waals surface area contributed by atoms with Gasteiger partial charge in [-0.2, -0.15) is 5.26 Å². The quantitative estimate of drug-likeness (QED) is 0.0644. The highest BCUT2D eigenvalue weighted by atomic mass is 16.5. The highest BCUT2D eigenvalue weighted by Gasteiger charge is 2.27. The van der Waals surface area contributed by atoms with Crippen molar-refractivity contribution in [1.29, 1.82) is 5.26 Å². The number of hydrogen-bond acceptors (Lipinski definition) is 13. The number of benzene rings is 10. The number of fused-ring (bicyclic) bond motifs is 3. The molecular weight excluding hydrogens is 1100 g/mol. The average Bonchev–Trinajstić information content (AvgIpc) is 3.43. The molecule has 0 saturated carbocycles. The van der Waals surface area contributed by atoms with E-state index in [1.165, 1.54) is 21.3 Å². The minimum absolute atomic E-state index is 0.190. The van der Waals surface area contributed by atoms with Crippen LogP contribution in [0.25, 0.3) is 32.3 Å². The van der Waals surface area contributed by atoms with Crippen molar-refractivity contribution in [2.45, 2.75) is 40.5 Å². The van der Waals surface area contributed by atoms with Crippen molar-refractivity contribution in [2.75, 3.05) is 37.3 Å². The van der Waals surface area contributed by atoms with Crippen LogP contribution in [0.2, 0.25) is 0 Å². The maximum atomic E-state index is 13.1. The number of rotatable bonds is 15. The minimum Gasteiger partial charge on any atom is -0.495 e. The van der Waals surface area contributed by atoms with Gasteiger partial charge < -0.3 is 44.4 Å². The first-order chi connectivity index (χ1) is 42.0. The van der Waals surface area contributed by atoms with E-state index in [-0.39, 0.29) is 46.3 Å². The molecule has 0 heterocycles. The maximum Gasteiger partial charge on any atom is 0.343 e. The van der Waals surface area contributed by atoms with Gasteiger partial charge in [-0.05, 0) is 144 Å². The lowest BCUT2D eigenvalue weighted by Crippen LogP contribution is -2.26. The van der Waals surface area contributed by atoms with Gasteiger partial charge in [0.2, 0.25) is 0 Å². The molecule has 87 heavy (non-hydrogen) atoms. The number of nitriles is 1. The maximum absolute atomic E-state index is 13.1. The number of methoxy groups -OCH3 is 3. The summed E-state index contributed by atoms with van der Waals surface area (Å²) >= 11 is 0. The fraction of sp³-hybridized carbons (Fsp3) is 0.141. The molecule has 0 bridgehead atoms. The van der Waals surface area contributed by atoms with E-state index >= 15 is 0 Å². The molecule has 0 spiro atoms. The molecule has 0 unspecified atom stereocenters. The van der Waals surface area contributed by atoms with E-state index in [0.717, 1.165) is 32.3 Å². The molecule has 10 aromatic carbocycles. The molecule has 0 saturated heterocycles. The molecule has 16 nitrogen and oxygen atoms in total. The predicted octanol–water partition coefficient (Wildman–Crippen LogP) is 15.0. The van der Waals surface area contributed by atoms with Gasteiger partial charge in [0.15, 0.2) is 0 Å². The van der Waals surface area contributed by atoms with Crippen LogP contribution in [-0.4, -0.2) is 57.0 Å². The zero-order chi connectivity index (χ0) is 62.0. The van der Waals surface area contributed by atoms with Crippen LogP contribution in [0.4, 0.5) is 17.1 Å². The molecule has 0 aromatic heterocycles. The highest BCUT2D eigenvalue weighted by molar-refractivity contribution is 6.12. The Bertz CT molecular complexity index is 4230. The van der Waals surface area contributed by atoms with Crippen molar-refractivity contribution < 1.29 is 57.2 Å². The standard InChI is InChI=1S/C25H19NO4.C23H20N2O4.C23H23NO4/c1-29-22-14-8-7-13-21(22)26-24(27)20-15-18-11-5-6-12-19(18)16-23(20)30-25(28)17-9-3-2-4-10-17;1-3-6-22(26)29-21-12-16-8-5-4-7-15(16)11-19(21)23(27)25-18-10-9-17(14-24)20(13-18)28-2;1-23(2,3)22(26)28-20-14-16-10-6-5-9-15(16)13-17(20)21(25)24-18-11-7-8-12-19(18)27-4/h2-16H,1H3,(H,26,27);4-5,7-13H,3,6H2,1-2H3,(H,25,27);5-14H,1-4H3,(H,24,25). The first kappa shape index (κ1) is 61.8. The SMILES string of the molecule is CCCC(=O)Oc1cc2ccccc2cc1C(=O)Nc1ccc(C#N)c(OC)c1.COc1ccccc1NC(=O)c1cc2ccccc2cc1OC(=O)C(C)(C)C.COc1ccccc1NC(=O)c1cc2ccccc2cc1OC(=O)c1ccccc1. The Morgan fingerprint density at radius 2 is 0.816 bits per heavy atom. The number of nitrogens with one attached hydrogen (secondary N) is 3. The molecule has 0 aliphatic heterocycles. The predicted molar refractivity (Wildman–Crippen MR) is 336 cm³/mol. The molecule has 16 heteroatoms. The lowest BCUT2D eigenvalue weighted by molar-refractivity contribution is -0.143. The third-order valence-corrected chi connectivity index (χ3v) is 13.3. The van der Waals surface area contributed by atoms with Gasteiger partial charge in [0.05, 0.1) is 65.9 Å². The van der Waals surface area contributed by atoms with E-state index in [0.29, 0.717) is 51.9 Å². The van der Waals surface area contributed by atoms with Gasteiger partial charge in [-0.15, -0.1) is 0 Å². The lowest BCUT2D eigenvalue weighted by Gasteiger charge is -2.19. The van der Waals surface area contributed by atoms with Crippen molar-refractivity contribution in [2.24, 2.45) is 5.41 Å². The van der Waals surface area contributed by atoms with Crippen LogP contribution < -0.4 is 44.4 Å². The largest absolute Gasteiger partial charge is 0.495 e. The van der Waals surface area contributed by atoms with Gasteiger partial charge in [-0.1, -0.05) is 122 Å². The number of hydrogen-bond donors (Lipinski definition) is 3. The van der Waals surface area contributed by atoms with Crippen molar-refractivity contribution in [3.8, 4) is 40.6 Å². The van der Waals surface area contributed by atoms with Crippen molar-refractivity contribution >= 4 is 85.0 Å². The average molecular weight is 1160 g/mol. The van der Waals surface area contributed by atoms with Gasteiger partial charge in [-0.3, -0.25) is 24.0 Å². The second-order valence-corrected chi connectivity index (χ2v) is 20.5. The zero-order valence-corrected chi connectivity index (χ0v) is 48.9. The van der Waals surface area contributed by atoms with Crippen LogP contribution in [0.15, 0.2) is 206 Å². The highest BCUT2D eigenvalue weighted by Crippen LogP contribution is 2.34. The molecule has 10 aromatic rings. The van der Waals surface area contributed by atoms with Crippen molar-refractivity contribution in [3.63, 3.8) is 0 Å². The summed E-state index contributed by atoms with van der Waals surface area (Å²) in [7, 11) is 4.53. The van der Waals surface area contributed by atoms with Crippen molar-refractivity contribution in [3.05, 3.63) is 234 Å². The summed E-state index contributed by atoms with van der Waals surface area (Å²) in [6.45, 7) is 7.19. The summed E-state index contributed by atoms with van der Waals surface area (Å²) in [5, 5.41) is 22.8. The first-order valence-corrected chi connectivity index (χ1v) is 27.6. The summed E-state index contributed by atoms with van der Waals surface area (Å²) < 4.78 is 32.5. The number of ether oxygens (including phenoxy) is 6. The van der Waals surface area contributed by atoms with Crippen LogP contribution in [0.5, 0.6) is 34.5 Å². The Kier molecular flexibility index (Phi) is 20.4. The third kappa shape index (κ3) is 15.9. The second kappa shape index (κ2) is 28.8. The first-order valence-electron chi connectivity index (χ1n) is 27.6. The summed E-state index contributed by atoms with van der Waals surface area (Å²) in [5.74, 6) is -0.475. The van der Waals surface area contributed by atoms with E-state index in [2.05, 4.69) is 16.0 Å². The van der Waals surface area contributed by atoms with Gasteiger partial charge in [0.1, 0.15) is 40.6 Å². The number of carbonyl (C=O) groups is 6. The number of anilines is 3. The fourth-order valence-electron chi connectivity index (χ4n) is 8.74. The van der Waals surface area contributed by atoms with E-state index in [1.54, 1.807) is 136 Å². The lowest BCUT2D eigenvalue weighted by atomic mass is 9.97. The number of amides is 3. The third-order valence-electron chi connectivity index (χ3n) is 13.3. The van der Waals surface area contributed by atoms with Crippen LogP contribution in [0, 0.1) is 16.7 Å². The summed E-state index contributed by atoms with van der Waals surface area (Å²) in [4.78, 5) is 76.2. The number of nitrogens with zero attached hydrogens (tertiary/aromatic N) is 1. The molecule has 0 aliphatic carbocycles. The van der Waals surface area contributed by atoms with Crippen LogP contribution in [-0.2, 0) is 9.59 Å². The summed E-state index contributed by atoms with van der Waals surface area (Å²) in [6.07, 6.45) is 0.916. The summed E-state index contributed by atoms with van der Waals surface area (Å²) in [6, 6.07) is 62.6. The topological polar surface area (TPSA) is 218 Å². The molecule has 438 valence electrons. The second-order valence-electron chi connectivity index (χ2n) is 20.5. The minimum atomic E-state index is -0.692. The molecule has 3 amide bonds. The zero-order valence-electron chi connectivity index (χ0n) is 48.9. The molecule has 0 aliphatic rings. The number of para-hydroxylation sites is 4. The smallest absolute Gasteiger partial charge is 0.343 e. The molecular formula is C71H62N4O12. The van der Waals surface area contributed by atoms with Crippen LogP contribution >= 0.6 is 0 Å². The van der Waals surface area contributed by atoms with Crippen molar-refractivity contribution in [1.82, 2.24) is 0 Å². The number of carbonyl (C=O) groups excluding carboxylic acids is 6. The van der Waals surface area contributed by atoms with Crippen LogP contribution in [0.1, 0.15) is 87.5 Å². The Balaban J connectivity index is 0.000000169. The molecule has 0 fully saturated rings. The summed E-state index contributed by atoms with van der Waals surface area (Å²) in [5.41, 5.74) is 2.39. The van der Waals surface area contributed by atoms with Gasteiger partial charge in [-0.25, -0.2) is 4.79 Å². The normalized spacial score (nSPS) is 10.6. The monoisotopic (exact) mass is 1160 g/mol. The Morgan fingerprint density at radius 3 is 1.24 bits per heavy atom. The van der Waals surface area contributed by atoms with E-state index < -0.39 is 35.1 Å². The van der Waals surface area contributed by atoms with Gasteiger partial charge >= 0.3 is 17.9 Å². The van der Waals surface area contributed by atoms with E-state index in [9.17, 15) is 28.8 Å². The Hall–Kier alpha value is -11.3. The van der Waals surface area contributed by atoms with Crippen LogP contribution in [0.3, 0.4) is 0 Å². The van der Waals surface area contributed by atoms with Gasteiger partial charge in [0.25, 0.3) is 17.7 Å². The Morgan fingerprint density at radius 1 is 0.425 bits per heavy atom. The van der Waals surface area contributed by atoms with E-state index in [4.69, 9.17) is 33.7 Å². The molecule has 3 N–H and O–H groups in total. The molecule has 0 radical (unpaired) electrons.